The third-order valence-electron chi connectivity index (χ3n) is 9.17. The number of benzene rings is 8. The molecule has 0 aliphatic heterocycles. The van der Waals surface area contributed by atoms with Crippen molar-refractivity contribution in [3.05, 3.63) is 206 Å². The number of nitrogens with zero attached hydrogens (tertiary/aromatic N) is 2. The van der Waals surface area contributed by atoms with Gasteiger partial charge in [-0.1, -0.05) is 153 Å². The summed E-state index contributed by atoms with van der Waals surface area (Å²) in [6.45, 7) is 3.51. The first-order valence-corrected chi connectivity index (χ1v) is 17.9. The fourth-order valence-corrected chi connectivity index (χ4v) is 6.72. The predicted octanol–water partition coefficient (Wildman–Crippen LogP) is 14.6. The standard InChI is InChI=1S/C47H35FN2.C2H6/c48-34-35-23-26-40(27-24-35)49(43-28-25-36-13-7-8-18-39(36)33-43)41-29-31-42(32-30-41)50(46-21-11-9-19-44(46)37-14-3-1-4-15-37)47-22-12-10-20-45(47)38-16-5-2-6-17-38;1-2/h1-33H,34H2;1-2H3. The molecule has 0 saturated carbocycles. The van der Waals surface area contributed by atoms with Crippen LogP contribution in [0.1, 0.15) is 19.4 Å². The first-order chi connectivity index (χ1) is 25.8. The van der Waals surface area contributed by atoms with Gasteiger partial charge in [0.25, 0.3) is 0 Å². The second-order valence-electron chi connectivity index (χ2n) is 12.3. The van der Waals surface area contributed by atoms with Crippen LogP contribution in [0.15, 0.2) is 200 Å². The summed E-state index contributed by atoms with van der Waals surface area (Å²) in [6.07, 6.45) is 0. The Kier molecular flexibility index (Phi) is 10.5. The molecule has 0 N–H and O–H groups in total. The molecule has 0 heterocycles. The highest BCUT2D eigenvalue weighted by Gasteiger charge is 2.21. The van der Waals surface area contributed by atoms with Crippen molar-refractivity contribution >= 4 is 44.9 Å². The SMILES string of the molecule is CC.FCc1ccc(N(c2ccc(N(c3ccccc3-c3ccccc3)c3ccccc3-c3ccccc3)cc2)c2ccc3ccccc3c2)cc1. The summed E-state index contributed by atoms with van der Waals surface area (Å²) in [6, 6.07) is 69.7. The molecule has 0 fully saturated rings. The molecule has 8 aromatic carbocycles. The van der Waals surface area contributed by atoms with Crippen molar-refractivity contribution in [3.8, 4) is 22.3 Å². The van der Waals surface area contributed by atoms with E-state index >= 15 is 0 Å². The van der Waals surface area contributed by atoms with Crippen LogP contribution in [0.4, 0.5) is 38.5 Å². The van der Waals surface area contributed by atoms with Crippen molar-refractivity contribution in [2.24, 2.45) is 0 Å². The summed E-state index contributed by atoms with van der Waals surface area (Å²) in [5, 5.41) is 2.34. The molecule has 0 aliphatic carbocycles. The highest BCUT2D eigenvalue weighted by atomic mass is 19.1. The molecule has 8 rings (SSSR count). The van der Waals surface area contributed by atoms with E-state index in [1.165, 1.54) is 5.39 Å². The summed E-state index contributed by atoms with van der Waals surface area (Å²) in [5.74, 6) is 0. The van der Waals surface area contributed by atoms with Gasteiger partial charge in [0.05, 0.1) is 11.4 Å². The van der Waals surface area contributed by atoms with Gasteiger partial charge >= 0.3 is 0 Å². The van der Waals surface area contributed by atoms with Crippen molar-refractivity contribution in [2.45, 2.75) is 20.5 Å². The Morgan fingerprint density at radius 2 is 0.769 bits per heavy atom. The lowest BCUT2D eigenvalue weighted by atomic mass is 9.99. The average Bonchev–Trinajstić information content (AvgIpc) is 3.23. The summed E-state index contributed by atoms with van der Waals surface area (Å²) in [5.41, 5.74) is 11.5. The van der Waals surface area contributed by atoms with Crippen molar-refractivity contribution < 1.29 is 4.39 Å². The molecule has 0 atom stereocenters. The number of rotatable bonds is 9. The zero-order chi connectivity index (χ0) is 35.7. The number of halogens is 1. The van der Waals surface area contributed by atoms with Crippen molar-refractivity contribution in [1.29, 1.82) is 0 Å². The van der Waals surface area contributed by atoms with Crippen molar-refractivity contribution in [2.75, 3.05) is 9.80 Å². The fraction of sp³-hybridized carbons (Fsp3) is 0.0612. The fourth-order valence-electron chi connectivity index (χ4n) is 6.72. The van der Waals surface area contributed by atoms with E-state index in [1.54, 1.807) is 0 Å². The molecule has 0 bridgehead atoms. The van der Waals surface area contributed by atoms with Gasteiger partial charge in [-0.2, -0.15) is 0 Å². The van der Waals surface area contributed by atoms with Crippen LogP contribution in [0.3, 0.4) is 0 Å². The largest absolute Gasteiger partial charge is 0.310 e. The third kappa shape index (κ3) is 7.08. The number of para-hydroxylation sites is 2. The number of fused-ring (bicyclic) bond motifs is 1. The Balaban J connectivity index is 0.00000207. The molecule has 0 spiro atoms. The zero-order valence-corrected chi connectivity index (χ0v) is 29.5. The van der Waals surface area contributed by atoms with Crippen LogP contribution in [0.25, 0.3) is 33.0 Å². The van der Waals surface area contributed by atoms with E-state index in [0.29, 0.717) is 5.56 Å². The van der Waals surface area contributed by atoms with Gasteiger partial charge in [-0.05, 0) is 88.1 Å². The molecule has 2 nitrogen and oxygen atoms in total. The molecule has 0 radical (unpaired) electrons. The Morgan fingerprint density at radius 3 is 1.29 bits per heavy atom. The van der Waals surface area contributed by atoms with Gasteiger partial charge in [0.15, 0.2) is 0 Å². The Hall–Kier alpha value is -6.45. The molecule has 0 aromatic heterocycles. The van der Waals surface area contributed by atoms with E-state index in [4.69, 9.17) is 0 Å². The van der Waals surface area contributed by atoms with Crippen LogP contribution in [0, 0.1) is 0 Å². The molecular formula is C49H41FN2. The van der Waals surface area contributed by atoms with E-state index in [9.17, 15) is 4.39 Å². The highest BCUT2D eigenvalue weighted by Crippen LogP contribution is 2.45. The second kappa shape index (κ2) is 16.1. The van der Waals surface area contributed by atoms with E-state index in [2.05, 4.69) is 186 Å². The van der Waals surface area contributed by atoms with Crippen LogP contribution < -0.4 is 9.80 Å². The number of alkyl halides is 1. The minimum atomic E-state index is -0.490. The van der Waals surface area contributed by atoms with E-state index < -0.39 is 6.67 Å². The molecule has 8 aromatic rings. The molecule has 0 aliphatic rings. The lowest BCUT2D eigenvalue weighted by molar-refractivity contribution is 0.485. The second-order valence-corrected chi connectivity index (χ2v) is 12.3. The highest BCUT2D eigenvalue weighted by molar-refractivity contribution is 5.94. The lowest BCUT2D eigenvalue weighted by Gasteiger charge is -2.31. The molecule has 0 amide bonds. The number of anilines is 6. The van der Waals surface area contributed by atoms with Gasteiger partial charge < -0.3 is 9.80 Å². The normalized spacial score (nSPS) is 10.7. The van der Waals surface area contributed by atoms with Gasteiger partial charge in [-0.25, -0.2) is 4.39 Å². The van der Waals surface area contributed by atoms with Crippen LogP contribution in [-0.4, -0.2) is 0 Å². The third-order valence-corrected chi connectivity index (χ3v) is 9.17. The summed E-state index contributed by atoms with van der Waals surface area (Å²) < 4.78 is 13.5. The Labute approximate surface area is 306 Å². The van der Waals surface area contributed by atoms with Crippen LogP contribution in [0.5, 0.6) is 0 Å². The molecular weight excluding hydrogens is 636 g/mol. The lowest BCUT2D eigenvalue weighted by Crippen LogP contribution is -2.13. The minimum absolute atomic E-state index is 0.490. The maximum Gasteiger partial charge on any atom is 0.115 e. The van der Waals surface area contributed by atoms with Gasteiger partial charge in [0, 0.05) is 33.9 Å². The predicted molar refractivity (Wildman–Crippen MR) is 220 cm³/mol. The molecule has 0 saturated heterocycles. The summed E-state index contributed by atoms with van der Waals surface area (Å²) >= 11 is 0. The topological polar surface area (TPSA) is 6.48 Å². The Bertz CT molecular complexity index is 2270. The van der Waals surface area contributed by atoms with Crippen molar-refractivity contribution in [1.82, 2.24) is 0 Å². The summed E-state index contributed by atoms with van der Waals surface area (Å²) in [7, 11) is 0. The van der Waals surface area contributed by atoms with Gasteiger partial charge in [0.2, 0.25) is 0 Å². The molecule has 254 valence electrons. The van der Waals surface area contributed by atoms with Crippen molar-refractivity contribution in [3.63, 3.8) is 0 Å². The van der Waals surface area contributed by atoms with E-state index in [1.807, 2.05) is 38.1 Å². The average molecular weight is 677 g/mol. The quantitative estimate of drug-likeness (QED) is 0.150. The number of hydrogen-bond donors (Lipinski definition) is 0. The number of hydrogen-bond acceptors (Lipinski definition) is 2. The minimum Gasteiger partial charge on any atom is -0.310 e. The molecule has 52 heavy (non-hydrogen) atoms. The smallest absolute Gasteiger partial charge is 0.115 e. The van der Waals surface area contributed by atoms with E-state index in [0.717, 1.165) is 61.8 Å². The molecule has 3 heteroatoms. The zero-order valence-electron chi connectivity index (χ0n) is 29.5. The first-order valence-electron chi connectivity index (χ1n) is 17.9. The van der Waals surface area contributed by atoms with Gasteiger partial charge in [0.1, 0.15) is 6.67 Å². The van der Waals surface area contributed by atoms with Gasteiger partial charge in [-0.3, -0.25) is 0 Å². The molecule has 0 unspecified atom stereocenters. The maximum absolute atomic E-state index is 13.5. The van der Waals surface area contributed by atoms with Crippen LogP contribution in [-0.2, 0) is 6.67 Å². The van der Waals surface area contributed by atoms with Crippen LogP contribution in [0.2, 0.25) is 0 Å². The maximum atomic E-state index is 13.5. The summed E-state index contributed by atoms with van der Waals surface area (Å²) in [4.78, 5) is 4.60. The van der Waals surface area contributed by atoms with Gasteiger partial charge in [-0.15, -0.1) is 0 Å². The van der Waals surface area contributed by atoms with Crippen LogP contribution >= 0.6 is 0 Å². The Morgan fingerprint density at radius 1 is 0.365 bits per heavy atom. The first kappa shape index (κ1) is 34.0. The monoisotopic (exact) mass is 676 g/mol. The van der Waals surface area contributed by atoms with E-state index in [-0.39, 0.29) is 0 Å².